The van der Waals surface area contributed by atoms with Gasteiger partial charge in [-0.15, -0.1) is 11.3 Å². The second kappa shape index (κ2) is 9.85. The van der Waals surface area contributed by atoms with Crippen molar-refractivity contribution < 1.29 is 9.80 Å². The number of rotatable bonds is 6. The summed E-state index contributed by atoms with van der Waals surface area (Å²) in [4.78, 5) is 4.79. The number of thiocarbonyl (C=S) groups is 1. The predicted molar refractivity (Wildman–Crippen MR) is 119 cm³/mol. The molecule has 0 radical (unpaired) electrons. The van der Waals surface area contributed by atoms with Crippen LogP contribution < -0.4 is 20.4 Å². The third-order valence-corrected chi connectivity index (χ3v) is 6.74. The summed E-state index contributed by atoms with van der Waals surface area (Å²) in [6.07, 6.45) is 0. The average Bonchev–Trinajstić information content (AvgIpc) is 3.16. The molecule has 2 atom stereocenters. The Morgan fingerprint density at radius 2 is 2.00 bits per heavy atom. The van der Waals surface area contributed by atoms with Gasteiger partial charge in [0, 0.05) is 10.7 Å². The highest BCUT2D eigenvalue weighted by Gasteiger charge is 2.34. The summed E-state index contributed by atoms with van der Waals surface area (Å²) in [5.41, 5.74) is 0.910. The fourth-order valence-corrected chi connectivity index (χ4v) is 5.36. The van der Waals surface area contributed by atoms with Crippen LogP contribution in [0.1, 0.15) is 24.8 Å². The van der Waals surface area contributed by atoms with Gasteiger partial charge in [-0.3, -0.25) is 0 Å². The average molecular weight is 425 g/mol. The first-order valence-corrected chi connectivity index (χ1v) is 11.3. The number of hydrogen-bond acceptors (Lipinski definition) is 2. The molecule has 1 fully saturated rings. The molecule has 0 spiro atoms. The highest BCUT2D eigenvalue weighted by molar-refractivity contribution is 7.80. The lowest BCUT2D eigenvalue weighted by atomic mass is 10.1. The molecule has 1 saturated heterocycles. The van der Waals surface area contributed by atoms with E-state index >= 15 is 0 Å². The summed E-state index contributed by atoms with van der Waals surface area (Å²) in [6, 6.07) is 12.7. The minimum Gasteiger partial charge on any atom is -0.354 e. The van der Waals surface area contributed by atoms with Crippen LogP contribution in [0.4, 0.5) is 5.69 Å². The van der Waals surface area contributed by atoms with Crippen molar-refractivity contribution in [2.75, 3.05) is 38.0 Å². The second-order valence-electron chi connectivity index (χ2n) is 7.15. The van der Waals surface area contributed by atoms with Gasteiger partial charge in [0.1, 0.15) is 32.2 Å². The molecule has 27 heavy (non-hydrogen) atoms. The Morgan fingerprint density at radius 1 is 1.22 bits per heavy atom. The second-order valence-corrected chi connectivity index (χ2v) is 8.98. The Kier molecular flexibility index (Phi) is 7.49. The van der Waals surface area contributed by atoms with Crippen LogP contribution in [0.2, 0.25) is 5.02 Å². The van der Waals surface area contributed by atoms with E-state index in [4.69, 9.17) is 23.8 Å². The minimum absolute atomic E-state index is 0.237. The standard InChI is InChI=1S/C20H27ClN4S2/c1-3-24-9-11-25(12-10-24)19(18-8-5-13-27-18)15(2)22-20(26)23-17-7-4-6-16(21)14-17/h4-8,13-15,19H,3,9-12H2,1-2H3,(H2,22,23,26)/p+2/t15-,19+/m0/s1. The summed E-state index contributed by atoms with van der Waals surface area (Å²) in [5.74, 6) is 0. The van der Waals surface area contributed by atoms with Gasteiger partial charge in [0.05, 0.1) is 17.5 Å². The molecule has 1 aromatic heterocycles. The molecule has 7 heteroatoms. The van der Waals surface area contributed by atoms with Crippen molar-refractivity contribution in [2.45, 2.75) is 25.9 Å². The topological polar surface area (TPSA) is 32.9 Å². The lowest BCUT2D eigenvalue weighted by molar-refractivity contribution is -1.03. The lowest BCUT2D eigenvalue weighted by Gasteiger charge is -2.37. The fourth-order valence-electron chi connectivity index (χ4n) is 3.88. The van der Waals surface area contributed by atoms with Crippen LogP contribution in [0.15, 0.2) is 41.8 Å². The quantitative estimate of drug-likeness (QED) is 0.532. The van der Waals surface area contributed by atoms with E-state index in [1.165, 1.54) is 37.6 Å². The lowest BCUT2D eigenvalue weighted by Crippen LogP contribution is -3.28. The van der Waals surface area contributed by atoms with Crippen LogP contribution in [0.25, 0.3) is 0 Å². The summed E-state index contributed by atoms with van der Waals surface area (Å²) in [7, 11) is 0. The molecule has 1 aliphatic rings. The number of nitrogens with one attached hydrogen (secondary N) is 4. The summed E-state index contributed by atoms with van der Waals surface area (Å²) in [5, 5.41) is 10.3. The maximum atomic E-state index is 6.07. The van der Waals surface area contributed by atoms with Gasteiger partial charge in [-0.1, -0.05) is 23.7 Å². The highest BCUT2D eigenvalue weighted by Crippen LogP contribution is 2.20. The zero-order chi connectivity index (χ0) is 19.2. The Bertz CT molecular complexity index is 729. The van der Waals surface area contributed by atoms with Gasteiger partial charge in [0.15, 0.2) is 5.11 Å². The molecule has 1 aliphatic heterocycles. The third kappa shape index (κ3) is 5.65. The van der Waals surface area contributed by atoms with Crippen LogP contribution in [0.5, 0.6) is 0 Å². The molecule has 3 rings (SSSR count). The van der Waals surface area contributed by atoms with Gasteiger partial charge < -0.3 is 20.4 Å². The van der Waals surface area contributed by atoms with Gasteiger partial charge in [-0.25, -0.2) is 0 Å². The van der Waals surface area contributed by atoms with E-state index in [0.29, 0.717) is 16.2 Å². The number of hydrogen-bond donors (Lipinski definition) is 4. The van der Waals surface area contributed by atoms with Crippen molar-refractivity contribution in [3.63, 3.8) is 0 Å². The van der Waals surface area contributed by atoms with Crippen molar-refractivity contribution in [1.82, 2.24) is 5.32 Å². The molecule has 1 aromatic carbocycles. The first kappa shape index (κ1) is 20.6. The molecule has 0 amide bonds. The maximum Gasteiger partial charge on any atom is 0.171 e. The van der Waals surface area contributed by atoms with Gasteiger partial charge in [-0.05, 0) is 55.7 Å². The molecular weight excluding hydrogens is 396 g/mol. The smallest absolute Gasteiger partial charge is 0.171 e. The van der Waals surface area contributed by atoms with E-state index in [1.807, 2.05) is 35.6 Å². The van der Waals surface area contributed by atoms with Gasteiger partial charge >= 0.3 is 0 Å². The molecule has 4 N–H and O–H groups in total. The first-order chi connectivity index (χ1) is 13.1. The molecule has 0 saturated carbocycles. The van der Waals surface area contributed by atoms with Crippen LogP contribution >= 0.6 is 35.2 Å². The van der Waals surface area contributed by atoms with E-state index in [9.17, 15) is 0 Å². The number of benzene rings is 1. The SMILES string of the molecule is CC[NH+]1CC[NH+]([C@@H](c2cccs2)[C@H](C)NC(=S)Nc2cccc(Cl)c2)CC1. The number of quaternary nitrogens is 2. The van der Waals surface area contributed by atoms with Crippen LogP contribution in [-0.2, 0) is 0 Å². The minimum atomic E-state index is 0.237. The van der Waals surface area contributed by atoms with E-state index in [0.717, 1.165) is 5.69 Å². The van der Waals surface area contributed by atoms with Crippen LogP contribution in [0.3, 0.4) is 0 Å². The summed E-state index contributed by atoms with van der Waals surface area (Å²) < 4.78 is 0. The monoisotopic (exact) mass is 424 g/mol. The fraction of sp³-hybridized carbons (Fsp3) is 0.450. The molecule has 0 aliphatic carbocycles. The van der Waals surface area contributed by atoms with Crippen molar-refractivity contribution in [2.24, 2.45) is 0 Å². The Balaban J connectivity index is 1.66. The normalized spacial score (nSPS) is 22.0. The molecule has 2 heterocycles. The first-order valence-electron chi connectivity index (χ1n) is 9.61. The zero-order valence-corrected chi connectivity index (χ0v) is 18.3. The predicted octanol–water partition coefficient (Wildman–Crippen LogP) is 1.62. The summed E-state index contributed by atoms with van der Waals surface area (Å²) in [6.45, 7) is 10.6. The van der Waals surface area contributed by atoms with Crippen molar-refractivity contribution in [1.29, 1.82) is 0 Å². The van der Waals surface area contributed by atoms with Gasteiger partial charge in [0.2, 0.25) is 0 Å². The number of piperazine rings is 1. The van der Waals surface area contributed by atoms with E-state index in [-0.39, 0.29) is 6.04 Å². The maximum absolute atomic E-state index is 6.07. The van der Waals surface area contributed by atoms with E-state index in [2.05, 4.69) is 42.0 Å². The van der Waals surface area contributed by atoms with E-state index in [1.54, 1.807) is 9.80 Å². The van der Waals surface area contributed by atoms with E-state index < -0.39 is 0 Å². The Morgan fingerprint density at radius 3 is 2.63 bits per heavy atom. The molecule has 2 aromatic rings. The molecular formula is C20H29ClN4S2+2. The third-order valence-electron chi connectivity index (χ3n) is 5.33. The molecule has 146 valence electrons. The number of anilines is 1. The van der Waals surface area contributed by atoms with Crippen LogP contribution in [-0.4, -0.2) is 43.9 Å². The Labute approximate surface area is 176 Å². The Hall–Kier alpha value is -1.18. The van der Waals surface area contributed by atoms with Crippen molar-refractivity contribution >= 4 is 46.0 Å². The number of thiophene rings is 1. The van der Waals surface area contributed by atoms with Crippen molar-refractivity contribution in [3.05, 3.63) is 51.7 Å². The molecule has 0 unspecified atom stereocenters. The highest BCUT2D eigenvalue weighted by atomic mass is 35.5. The largest absolute Gasteiger partial charge is 0.354 e. The number of halogens is 1. The summed E-state index contributed by atoms with van der Waals surface area (Å²) >= 11 is 13.5. The zero-order valence-electron chi connectivity index (χ0n) is 15.9. The molecule has 4 nitrogen and oxygen atoms in total. The van der Waals surface area contributed by atoms with Crippen LogP contribution in [0, 0.1) is 0 Å². The van der Waals surface area contributed by atoms with Crippen molar-refractivity contribution in [3.8, 4) is 0 Å². The van der Waals surface area contributed by atoms with Gasteiger partial charge in [-0.2, -0.15) is 0 Å². The number of likely N-dealkylation sites (N-methyl/N-ethyl adjacent to an activating group) is 1. The molecule has 0 bridgehead atoms. The van der Waals surface area contributed by atoms with Gasteiger partial charge in [0.25, 0.3) is 0 Å².